The van der Waals surface area contributed by atoms with Crippen molar-refractivity contribution in [2.24, 2.45) is 0 Å². The van der Waals surface area contributed by atoms with Crippen LogP contribution in [0.1, 0.15) is 11.1 Å². The Morgan fingerprint density at radius 2 is 1.80 bits per heavy atom. The molecule has 35 heavy (non-hydrogen) atoms. The fraction of sp³-hybridized carbons (Fsp3) is 0.115. The minimum Gasteiger partial charge on any atom is -0.493 e. The summed E-state index contributed by atoms with van der Waals surface area (Å²) >= 11 is 7.26. The minimum absolute atomic E-state index is 0.195. The van der Waals surface area contributed by atoms with Gasteiger partial charge in [-0.05, 0) is 66.7 Å². The van der Waals surface area contributed by atoms with E-state index in [1.54, 1.807) is 54.6 Å². The number of imide groups is 1. The van der Waals surface area contributed by atoms with Crippen LogP contribution in [0.4, 0.5) is 16.2 Å². The second-order valence-corrected chi connectivity index (χ2v) is 8.99. The molecule has 1 fully saturated rings. The van der Waals surface area contributed by atoms with E-state index in [1.165, 1.54) is 7.11 Å². The highest BCUT2D eigenvalue weighted by Gasteiger charge is 2.36. The summed E-state index contributed by atoms with van der Waals surface area (Å²) in [6.45, 7) is 1.68. The van der Waals surface area contributed by atoms with E-state index in [-0.39, 0.29) is 39.2 Å². The normalized spacial score (nSPS) is 14.4. The summed E-state index contributed by atoms with van der Waals surface area (Å²) in [6.07, 6.45) is 1.57. The first-order valence-electron chi connectivity index (χ1n) is 10.6. The number of benzene rings is 3. The predicted molar refractivity (Wildman–Crippen MR) is 138 cm³/mol. The van der Waals surface area contributed by atoms with E-state index in [9.17, 15) is 14.4 Å². The SMILES string of the molecule is COc1cc(/C=C2/SC(=O)N(c3ccccc3)C2=O)cc(Cl)c1OCC(=O)Nc1ccc(C)cc1. The van der Waals surface area contributed by atoms with Crippen molar-refractivity contribution in [3.63, 3.8) is 0 Å². The molecular weight excluding hydrogens is 488 g/mol. The van der Waals surface area contributed by atoms with E-state index in [4.69, 9.17) is 21.1 Å². The number of carbonyl (C=O) groups is 3. The zero-order chi connectivity index (χ0) is 24.9. The summed E-state index contributed by atoms with van der Waals surface area (Å²) in [6, 6.07) is 19.3. The molecule has 9 heteroatoms. The van der Waals surface area contributed by atoms with E-state index >= 15 is 0 Å². The zero-order valence-electron chi connectivity index (χ0n) is 18.9. The maximum absolute atomic E-state index is 12.9. The Hall–Kier alpha value is -3.75. The number of hydrogen-bond donors (Lipinski definition) is 1. The number of amides is 3. The van der Waals surface area contributed by atoms with Gasteiger partial charge in [-0.3, -0.25) is 14.4 Å². The third kappa shape index (κ3) is 5.67. The lowest BCUT2D eigenvalue weighted by atomic mass is 10.1. The molecule has 0 bridgehead atoms. The molecule has 0 aliphatic carbocycles. The Bertz CT molecular complexity index is 1310. The van der Waals surface area contributed by atoms with E-state index in [2.05, 4.69) is 5.32 Å². The summed E-state index contributed by atoms with van der Waals surface area (Å²) in [4.78, 5) is 39.0. The summed E-state index contributed by atoms with van der Waals surface area (Å²) in [5.41, 5.74) is 2.78. The number of hydrogen-bond acceptors (Lipinski definition) is 6. The van der Waals surface area contributed by atoms with Crippen molar-refractivity contribution in [3.05, 3.63) is 87.8 Å². The molecule has 0 radical (unpaired) electrons. The van der Waals surface area contributed by atoms with Crippen molar-refractivity contribution in [1.82, 2.24) is 0 Å². The number of carbonyl (C=O) groups excluding carboxylic acids is 3. The number of ether oxygens (including phenoxy) is 2. The Kier molecular flexibility index (Phi) is 7.43. The highest BCUT2D eigenvalue weighted by molar-refractivity contribution is 8.19. The van der Waals surface area contributed by atoms with Crippen molar-refractivity contribution in [3.8, 4) is 11.5 Å². The summed E-state index contributed by atoms with van der Waals surface area (Å²) < 4.78 is 11.0. The van der Waals surface area contributed by atoms with Crippen molar-refractivity contribution >= 4 is 57.9 Å². The van der Waals surface area contributed by atoms with Gasteiger partial charge >= 0.3 is 0 Å². The van der Waals surface area contributed by atoms with Gasteiger partial charge in [0, 0.05) is 5.69 Å². The number of aryl methyl sites for hydroxylation is 1. The topological polar surface area (TPSA) is 84.9 Å². The molecule has 0 spiro atoms. The quantitative estimate of drug-likeness (QED) is 0.399. The highest BCUT2D eigenvalue weighted by atomic mass is 35.5. The van der Waals surface area contributed by atoms with Gasteiger partial charge in [0.2, 0.25) is 0 Å². The van der Waals surface area contributed by atoms with E-state index in [1.807, 2.05) is 25.1 Å². The van der Waals surface area contributed by atoms with Crippen molar-refractivity contribution in [2.75, 3.05) is 23.9 Å². The zero-order valence-corrected chi connectivity index (χ0v) is 20.5. The molecule has 0 unspecified atom stereocenters. The first-order valence-corrected chi connectivity index (χ1v) is 11.7. The molecule has 3 aromatic carbocycles. The van der Waals surface area contributed by atoms with Crippen LogP contribution in [-0.2, 0) is 9.59 Å². The molecule has 0 atom stereocenters. The molecule has 4 rings (SSSR count). The maximum Gasteiger partial charge on any atom is 0.298 e. The average Bonchev–Trinajstić information content (AvgIpc) is 3.12. The van der Waals surface area contributed by atoms with Crippen LogP contribution in [0.25, 0.3) is 6.08 Å². The molecule has 1 aliphatic heterocycles. The van der Waals surface area contributed by atoms with Crippen LogP contribution in [0.2, 0.25) is 5.02 Å². The smallest absolute Gasteiger partial charge is 0.298 e. The molecule has 1 saturated heterocycles. The number of nitrogens with one attached hydrogen (secondary N) is 1. The molecule has 0 saturated carbocycles. The number of rotatable bonds is 7. The number of methoxy groups -OCH3 is 1. The Morgan fingerprint density at radius 3 is 2.49 bits per heavy atom. The number of anilines is 2. The van der Waals surface area contributed by atoms with Crippen LogP contribution >= 0.6 is 23.4 Å². The van der Waals surface area contributed by atoms with Gasteiger partial charge in [0.05, 0.1) is 22.7 Å². The van der Waals surface area contributed by atoms with Gasteiger partial charge in [0.25, 0.3) is 17.1 Å². The lowest BCUT2D eigenvalue weighted by Gasteiger charge is -2.14. The van der Waals surface area contributed by atoms with Crippen LogP contribution < -0.4 is 19.7 Å². The number of thioether (sulfide) groups is 1. The van der Waals surface area contributed by atoms with Crippen LogP contribution in [-0.4, -0.2) is 30.8 Å². The van der Waals surface area contributed by atoms with Gasteiger partial charge in [-0.15, -0.1) is 0 Å². The Balaban J connectivity index is 1.49. The van der Waals surface area contributed by atoms with Crippen molar-refractivity contribution < 1.29 is 23.9 Å². The van der Waals surface area contributed by atoms with Gasteiger partial charge in [-0.25, -0.2) is 4.90 Å². The third-order valence-corrected chi connectivity index (χ3v) is 6.19. The van der Waals surface area contributed by atoms with Crippen molar-refractivity contribution in [2.45, 2.75) is 6.92 Å². The van der Waals surface area contributed by atoms with E-state index in [0.29, 0.717) is 16.9 Å². The standard InChI is InChI=1S/C26H21ClN2O5S/c1-16-8-10-18(11-9-16)28-23(30)15-34-24-20(27)12-17(13-21(24)33-2)14-22-25(31)29(26(32)35-22)19-6-4-3-5-7-19/h3-14H,15H2,1-2H3,(H,28,30)/b22-14+. The molecule has 3 amide bonds. The first-order chi connectivity index (χ1) is 16.9. The van der Waals surface area contributed by atoms with E-state index in [0.717, 1.165) is 22.2 Å². The molecule has 7 nitrogen and oxygen atoms in total. The lowest BCUT2D eigenvalue weighted by Crippen LogP contribution is -2.27. The number of para-hydroxylation sites is 1. The fourth-order valence-corrected chi connectivity index (χ4v) is 4.47. The predicted octanol–water partition coefficient (Wildman–Crippen LogP) is 5.92. The number of halogens is 1. The third-order valence-electron chi connectivity index (χ3n) is 5.04. The van der Waals surface area contributed by atoms with E-state index < -0.39 is 5.91 Å². The van der Waals surface area contributed by atoms with Gasteiger partial charge in [0.15, 0.2) is 18.1 Å². The Morgan fingerprint density at radius 1 is 1.09 bits per heavy atom. The molecular formula is C26H21ClN2O5S. The van der Waals surface area contributed by atoms with Crippen LogP contribution in [0.5, 0.6) is 11.5 Å². The lowest BCUT2D eigenvalue weighted by molar-refractivity contribution is -0.118. The molecule has 1 N–H and O–H groups in total. The molecule has 3 aromatic rings. The molecule has 1 heterocycles. The minimum atomic E-state index is -0.422. The first kappa shape index (κ1) is 24.4. The largest absolute Gasteiger partial charge is 0.493 e. The van der Waals surface area contributed by atoms with Crippen LogP contribution in [0, 0.1) is 6.92 Å². The number of nitrogens with zero attached hydrogens (tertiary/aromatic N) is 1. The Labute approximate surface area is 211 Å². The highest BCUT2D eigenvalue weighted by Crippen LogP contribution is 2.40. The van der Waals surface area contributed by atoms with Crippen LogP contribution in [0.3, 0.4) is 0 Å². The maximum atomic E-state index is 12.9. The van der Waals surface area contributed by atoms with Gasteiger partial charge in [0.1, 0.15) is 0 Å². The average molecular weight is 509 g/mol. The second-order valence-electron chi connectivity index (χ2n) is 7.59. The molecule has 178 valence electrons. The molecule has 1 aliphatic rings. The van der Waals surface area contributed by atoms with Gasteiger partial charge < -0.3 is 14.8 Å². The summed E-state index contributed by atoms with van der Waals surface area (Å²) in [5.74, 6) is -0.294. The fourth-order valence-electron chi connectivity index (χ4n) is 3.35. The van der Waals surface area contributed by atoms with Crippen LogP contribution in [0.15, 0.2) is 71.6 Å². The second kappa shape index (κ2) is 10.7. The monoisotopic (exact) mass is 508 g/mol. The van der Waals surface area contributed by atoms with Gasteiger partial charge in [-0.1, -0.05) is 47.5 Å². The summed E-state index contributed by atoms with van der Waals surface area (Å²) in [7, 11) is 1.44. The van der Waals surface area contributed by atoms with Gasteiger partial charge in [-0.2, -0.15) is 0 Å². The van der Waals surface area contributed by atoms with Crippen molar-refractivity contribution in [1.29, 1.82) is 0 Å². The molecule has 0 aromatic heterocycles. The summed E-state index contributed by atoms with van der Waals surface area (Å²) in [5, 5.41) is 2.56.